The summed E-state index contributed by atoms with van der Waals surface area (Å²) in [6.07, 6.45) is 0. The highest BCUT2D eigenvalue weighted by Gasteiger charge is 1.92. The van der Waals surface area contributed by atoms with Crippen molar-refractivity contribution < 1.29 is 0 Å². The normalized spacial score (nSPS) is 9.14. The van der Waals surface area contributed by atoms with Crippen LogP contribution in [0, 0.1) is 0 Å². The first-order chi connectivity index (χ1) is 6.45. The zero-order valence-corrected chi connectivity index (χ0v) is 10.4. The van der Waals surface area contributed by atoms with E-state index in [0.717, 1.165) is 8.58 Å². The molecule has 0 bridgehead atoms. The minimum atomic E-state index is 0. The van der Waals surface area contributed by atoms with Crippen molar-refractivity contribution >= 4 is 42.2 Å². The third kappa shape index (κ3) is 3.41. The fraction of sp³-hybridized carbons (Fsp3) is 0. The first-order valence-electron chi connectivity index (χ1n) is 4.32. The van der Waals surface area contributed by atoms with Crippen molar-refractivity contribution in [2.24, 2.45) is 0 Å². The van der Waals surface area contributed by atoms with Crippen molar-refractivity contribution in [1.29, 1.82) is 0 Å². The summed E-state index contributed by atoms with van der Waals surface area (Å²) in [6.45, 7) is 0. The Labute approximate surface area is 103 Å². The minimum Gasteiger partial charge on any atom is -0.0622 e. The summed E-state index contributed by atoms with van der Waals surface area (Å²) in [5.74, 6) is 0. The maximum Gasteiger partial charge on any atom is 0 e. The van der Waals surface area contributed by atoms with Crippen molar-refractivity contribution in [3.63, 3.8) is 0 Å². The molecule has 0 saturated carbocycles. The smallest absolute Gasteiger partial charge is 0 e. The second-order valence-electron chi connectivity index (χ2n) is 2.86. The van der Waals surface area contributed by atoms with Gasteiger partial charge in [-0.3, -0.25) is 0 Å². The lowest BCUT2D eigenvalue weighted by molar-refractivity contribution is 1.76. The second kappa shape index (κ2) is 6.18. The SMILES string of the molecule is [Mg].c1ccc(Pc2ccccc2)cc1. The highest BCUT2D eigenvalue weighted by molar-refractivity contribution is 7.55. The first kappa shape index (κ1) is 11.7. The summed E-state index contributed by atoms with van der Waals surface area (Å²) in [7, 11) is 0.777. The third-order valence-electron chi connectivity index (χ3n) is 1.84. The lowest BCUT2D eigenvalue weighted by Gasteiger charge is -2.00. The molecule has 0 unspecified atom stereocenters. The van der Waals surface area contributed by atoms with Crippen LogP contribution in [0.5, 0.6) is 0 Å². The van der Waals surface area contributed by atoms with Crippen LogP contribution in [0.25, 0.3) is 0 Å². The third-order valence-corrected chi connectivity index (χ3v) is 3.08. The lowest BCUT2D eigenvalue weighted by atomic mass is 10.4. The van der Waals surface area contributed by atoms with E-state index in [1.54, 1.807) is 0 Å². The zero-order valence-electron chi connectivity index (χ0n) is 7.98. The van der Waals surface area contributed by atoms with E-state index in [4.69, 9.17) is 0 Å². The Morgan fingerprint density at radius 1 is 0.571 bits per heavy atom. The molecule has 0 aliphatic rings. The van der Waals surface area contributed by atoms with Crippen LogP contribution in [-0.2, 0) is 0 Å². The molecule has 0 spiro atoms. The van der Waals surface area contributed by atoms with Crippen LogP contribution in [0.2, 0.25) is 0 Å². The number of benzene rings is 2. The van der Waals surface area contributed by atoms with Crippen LogP contribution in [-0.4, -0.2) is 23.1 Å². The van der Waals surface area contributed by atoms with Crippen LogP contribution in [0.3, 0.4) is 0 Å². The van der Waals surface area contributed by atoms with E-state index in [-0.39, 0.29) is 23.1 Å². The molecule has 0 amide bonds. The molecule has 2 rings (SSSR count). The van der Waals surface area contributed by atoms with Gasteiger partial charge in [-0.1, -0.05) is 69.2 Å². The van der Waals surface area contributed by atoms with E-state index < -0.39 is 0 Å². The van der Waals surface area contributed by atoms with Gasteiger partial charge in [-0.15, -0.1) is 0 Å². The van der Waals surface area contributed by atoms with Crippen LogP contribution in [0.1, 0.15) is 0 Å². The van der Waals surface area contributed by atoms with Gasteiger partial charge >= 0.3 is 0 Å². The van der Waals surface area contributed by atoms with Crippen molar-refractivity contribution in [3.05, 3.63) is 60.7 Å². The molecule has 0 aromatic heterocycles. The highest BCUT2D eigenvalue weighted by atomic mass is 31.1. The number of hydrogen-bond acceptors (Lipinski definition) is 0. The van der Waals surface area contributed by atoms with Gasteiger partial charge in [-0.2, -0.15) is 0 Å². The van der Waals surface area contributed by atoms with Gasteiger partial charge in [-0.05, 0) is 10.6 Å². The standard InChI is InChI=1S/C12H11P.Mg/c1-3-7-11(8-4-1)13-12-9-5-2-6-10-12;/h1-10,13H;. The number of hydrogen-bond donors (Lipinski definition) is 0. The number of rotatable bonds is 2. The average Bonchev–Trinajstić information content (AvgIpc) is 2.21. The Bertz CT molecular complexity index is 321. The van der Waals surface area contributed by atoms with E-state index in [0.29, 0.717) is 0 Å². The molecule has 14 heavy (non-hydrogen) atoms. The molecule has 0 nitrogen and oxygen atoms in total. The zero-order chi connectivity index (χ0) is 8.93. The van der Waals surface area contributed by atoms with Gasteiger partial charge in [0.25, 0.3) is 0 Å². The van der Waals surface area contributed by atoms with Crippen molar-refractivity contribution in [1.82, 2.24) is 0 Å². The van der Waals surface area contributed by atoms with Crippen molar-refractivity contribution in [2.45, 2.75) is 0 Å². The van der Waals surface area contributed by atoms with E-state index in [2.05, 4.69) is 60.7 Å². The van der Waals surface area contributed by atoms with Gasteiger partial charge in [0.15, 0.2) is 0 Å². The first-order valence-corrected chi connectivity index (χ1v) is 5.32. The summed E-state index contributed by atoms with van der Waals surface area (Å²) in [5.41, 5.74) is 0. The molecule has 0 saturated heterocycles. The summed E-state index contributed by atoms with van der Waals surface area (Å²) < 4.78 is 0. The van der Waals surface area contributed by atoms with Gasteiger partial charge < -0.3 is 0 Å². The lowest BCUT2D eigenvalue weighted by Crippen LogP contribution is -2.01. The maximum absolute atomic E-state index is 2.17. The molecular weight excluding hydrogens is 199 g/mol. The van der Waals surface area contributed by atoms with Crippen molar-refractivity contribution in [2.75, 3.05) is 0 Å². The molecule has 0 heterocycles. The summed E-state index contributed by atoms with van der Waals surface area (Å²) in [6, 6.07) is 21.2. The fourth-order valence-electron chi connectivity index (χ4n) is 1.21. The largest absolute Gasteiger partial charge is 0.0622 e. The molecular formula is C12H11MgP. The topological polar surface area (TPSA) is 0 Å². The van der Waals surface area contributed by atoms with E-state index >= 15 is 0 Å². The fourth-order valence-corrected chi connectivity index (χ4v) is 2.26. The Morgan fingerprint density at radius 3 is 1.29 bits per heavy atom. The maximum atomic E-state index is 2.17. The molecule has 0 atom stereocenters. The predicted octanol–water partition coefficient (Wildman–Crippen LogP) is 1.94. The van der Waals surface area contributed by atoms with Gasteiger partial charge in [0.05, 0.1) is 0 Å². The Balaban J connectivity index is 0.000000980. The monoisotopic (exact) mass is 210 g/mol. The molecule has 0 N–H and O–H groups in total. The predicted molar refractivity (Wildman–Crippen MR) is 66.2 cm³/mol. The molecule has 0 aliphatic carbocycles. The summed E-state index contributed by atoms with van der Waals surface area (Å²) >= 11 is 0. The Morgan fingerprint density at radius 2 is 0.929 bits per heavy atom. The summed E-state index contributed by atoms with van der Waals surface area (Å²) in [5, 5.41) is 2.79. The average molecular weight is 210 g/mol. The minimum absolute atomic E-state index is 0. The molecule has 2 aromatic carbocycles. The molecule has 0 fully saturated rings. The Kier molecular flexibility index (Phi) is 5.17. The van der Waals surface area contributed by atoms with E-state index in [9.17, 15) is 0 Å². The molecule has 66 valence electrons. The van der Waals surface area contributed by atoms with Gasteiger partial charge in [-0.25, -0.2) is 0 Å². The van der Waals surface area contributed by atoms with Gasteiger partial charge in [0.2, 0.25) is 0 Å². The summed E-state index contributed by atoms with van der Waals surface area (Å²) in [4.78, 5) is 0. The molecule has 2 radical (unpaired) electrons. The van der Waals surface area contributed by atoms with Crippen LogP contribution in [0.15, 0.2) is 60.7 Å². The van der Waals surface area contributed by atoms with Crippen LogP contribution >= 0.6 is 8.58 Å². The second-order valence-corrected chi connectivity index (χ2v) is 4.26. The molecule has 2 heteroatoms. The Hall–Kier alpha value is -0.364. The van der Waals surface area contributed by atoms with Crippen LogP contribution < -0.4 is 10.6 Å². The highest BCUT2D eigenvalue weighted by Crippen LogP contribution is 2.08. The van der Waals surface area contributed by atoms with Crippen LogP contribution in [0.4, 0.5) is 0 Å². The van der Waals surface area contributed by atoms with Crippen molar-refractivity contribution in [3.8, 4) is 0 Å². The molecule has 2 aromatic rings. The van der Waals surface area contributed by atoms with E-state index in [1.165, 1.54) is 10.6 Å². The van der Waals surface area contributed by atoms with Gasteiger partial charge in [0, 0.05) is 23.1 Å². The van der Waals surface area contributed by atoms with Gasteiger partial charge in [0.1, 0.15) is 0 Å². The quantitative estimate of drug-likeness (QED) is 0.525. The van der Waals surface area contributed by atoms with E-state index in [1.807, 2.05) is 0 Å². The molecule has 0 aliphatic heterocycles.